The fourth-order valence-corrected chi connectivity index (χ4v) is 3.67. The quantitative estimate of drug-likeness (QED) is 0.607. The Hall–Kier alpha value is -1.31. The molecule has 0 aromatic heterocycles. The number of carbonyl (C=O) groups excluding carboxylic acids is 1. The summed E-state index contributed by atoms with van der Waals surface area (Å²) in [6.07, 6.45) is 3.77. The molecule has 1 saturated carbocycles. The molecule has 1 aromatic rings. The van der Waals surface area contributed by atoms with Gasteiger partial charge >= 0.3 is 6.09 Å². The van der Waals surface area contributed by atoms with Crippen LogP contribution >= 0.6 is 11.6 Å². The highest BCUT2D eigenvalue weighted by Gasteiger charge is 2.43. The van der Waals surface area contributed by atoms with Crippen molar-refractivity contribution in [3.05, 3.63) is 29.3 Å². The van der Waals surface area contributed by atoms with Crippen molar-refractivity contribution in [3.63, 3.8) is 0 Å². The fraction of sp³-hybridized carbons (Fsp3) is 0.533. The molecule has 2 rings (SSSR count). The molecule has 0 saturated heterocycles. The summed E-state index contributed by atoms with van der Waals surface area (Å²) in [6.45, 7) is 0. The van der Waals surface area contributed by atoms with Crippen LogP contribution in [0.5, 0.6) is 5.75 Å². The zero-order chi connectivity index (χ0) is 17.1. The van der Waals surface area contributed by atoms with Gasteiger partial charge in [-0.25, -0.2) is 8.98 Å². The molecule has 6 nitrogen and oxygen atoms in total. The van der Waals surface area contributed by atoms with Gasteiger partial charge in [-0.3, -0.25) is 4.90 Å². The number of halogens is 1. The molecule has 0 radical (unpaired) electrons. The van der Waals surface area contributed by atoms with Crippen molar-refractivity contribution in [2.45, 2.75) is 37.8 Å². The Morgan fingerprint density at radius 3 is 2.26 bits per heavy atom. The van der Waals surface area contributed by atoms with Crippen molar-refractivity contribution in [1.29, 1.82) is 0 Å². The second kappa shape index (κ2) is 7.07. The highest BCUT2D eigenvalue weighted by atomic mass is 35.5. The maximum Gasteiger partial charge on any atom is 0.417 e. The Kier molecular flexibility index (Phi) is 5.54. The van der Waals surface area contributed by atoms with Gasteiger partial charge in [-0.2, -0.15) is 8.42 Å². The van der Waals surface area contributed by atoms with E-state index in [4.69, 9.17) is 20.5 Å². The number of amides is 1. The maximum atomic E-state index is 12.4. The smallest absolute Gasteiger partial charge is 0.410 e. The van der Waals surface area contributed by atoms with E-state index >= 15 is 0 Å². The summed E-state index contributed by atoms with van der Waals surface area (Å²) >= 11 is 5.79. The summed E-state index contributed by atoms with van der Waals surface area (Å²) in [5, 5.41) is 0.530. The van der Waals surface area contributed by atoms with Crippen LogP contribution in [0.4, 0.5) is 4.79 Å². The third kappa shape index (κ3) is 4.83. The van der Waals surface area contributed by atoms with Crippen molar-refractivity contribution in [1.82, 2.24) is 4.90 Å². The fourth-order valence-electron chi connectivity index (χ4n) is 2.70. The SMILES string of the molecule is CN(C(=O)Oc1ccc(Cl)cc1)C1(OS(C)(=O)=O)CCCCC1. The molecule has 8 heteroatoms. The second-order valence-electron chi connectivity index (χ2n) is 5.68. The highest BCUT2D eigenvalue weighted by Crippen LogP contribution is 2.35. The molecule has 128 valence electrons. The largest absolute Gasteiger partial charge is 0.417 e. The van der Waals surface area contributed by atoms with Gasteiger partial charge in [0.05, 0.1) is 6.26 Å². The molecule has 0 unspecified atom stereocenters. The minimum Gasteiger partial charge on any atom is -0.410 e. The molecular weight excluding hydrogens is 342 g/mol. The predicted octanol–water partition coefficient (Wildman–Crippen LogP) is 3.41. The van der Waals surface area contributed by atoms with Crippen molar-refractivity contribution < 1.29 is 22.1 Å². The summed E-state index contributed by atoms with van der Waals surface area (Å²) in [7, 11) is -2.21. The van der Waals surface area contributed by atoms with Crippen LogP contribution in [0, 0.1) is 0 Å². The van der Waals surface area contributed by atoms with Crippen LogP contribution in [-0.2, 0) is 14.3 Å². The van der Waals surface area contributed by atoms with E-state index in [0.717, 1.165) is 25.5 Å². The van der Waals surface area contributed by atoms with Crippen LogP contribution in [0.15, 0.2) is 24.3 Å². The van der Waals surface area contributed by atoms with Crippen molar-refractivity contribution in [2.24, 2.45) is 0 Å². The van der Waals surface area contributed by atoms with Gasteiger partial charge in [0.1, 0.15) is 5.75 Å². The molecule has 0 bridgehead atoms. The zero-order valence-corrected chi connectivity index (χ0v) is 14.7. The van der Waals surface area contributed by atoms with Crippen LogP contribution in [0.1, 0.15) is 32.1 Å². The molecule has 0 spiro atoms. The number of benzene rings is 1. The first-order chi connectivity index (χ1) is 10.7. The van der Waals surface area contributed by atoms with Gasteiger partial charge < -0.3 is 4.74 Å². The van der Waals surface area contributed by atoms with Crippen LogP contribution in [0.25, 0.3) is 0 Å². The molecule has 0 heterocycles. The van der Waals surface area contributed by atoms with Crippen molar-refractivity contribution in [2.75, 3.05) is 13.3 Å². The van der Waals surface area contributed by atoms with E-state index < -0.39 is 21.9 Å². The molecule has 23 heavy (non-hydrogen) atoms. The summed E-state index contributed by atoms with van der Waals surface area (Å²) in [6, 6.07) is 6.35. The minimum atomic E-state index is -3.71. The number of carbonyl (C=O) groups is 1. The minimum absolute atomic E-state index is 0.330. The monoisotopic (exact) mass is 361 g/mol. The number of hydrogen-bond donors (Lipinski definition) is 0. The first-order valence-corrected chi connectivity index (χ1v) is 9.53. The summed E-state index contributed by atoms with van der Waals surface area (Å²) in [4.78, 5) is 13.6. The highest BCUT2D eigenvalue weighted by molar-refractivity contribution is 7.86. The Morgan fingerprint density at radius 2 is 1.74 bits per heavy atom. The van der Waals surface area contributed by atoms with Crippen LogP contribution in [-0.4, -0.2) is 38.4 Å². The lowest BCUT2D eigenvalue weighted by Crippen LogP contribution is -2.54. The molecule has 1 aromatic carbocycles. The predicted molar refractivity (Wildman–Crippen MR) is 87.0 cm³/mol. The van der Waals surface area contributed by atoms with Gasteiger partial charge in [-0.15, -0.1) is 0 Å². The number of rotatable bonds is 4. The Labute approximate surface area is 141 Å². The third-order valence-electron chi connectivity index (χ3n) is 3.85. The van der Waals surface area contributed by atoms with E-state index in [9.17, 15) is 13.2 Å². The summed E-state index contributed by atoms with van der Waals surface area (Å²) < 4.78 is 33.8. The molecule has 0 aliphatic heterocycles. The van der Waals surface area contributed by atoms with Crippen LogP contribution < -0.4 is 4.74 Å². The van der Waals surface area contributed by atoms with Gasteiger partial charge in [0.2, 0.25) is 0 Å². The zero-order valence-electron chi connectivity index (χ0n) is 13.1. The lowest BCUT2D eigenvalue weighted by molar-refractivity contribution is -0.0753. The van der Waals surface area contributed by atoms with Crippen LogP contribution in [0.3, 0.4) is 0 Å². The van der Waals surface area contributed by atoms with E-state index in [1.54, 1.807) is 24.3 Å². The first-order valence-electron chi connectivity index (χ1n) is 7.34. The van der Waals surface area contributed by atoms with Crippen LogP contribution in [0.2, 0.25) is 5.02 Å². The summed E-state index contributed by atoms with van der Waals surface area (Å²) in [5.74, 6) is 0.330. The van der Waals surface area contributed by atoms with E-state index in [0.29, 0.717) is 23.6 Å². The molecule has 1 fully saturated rings. The Bertz CT molecular complexity index is 653. The second-order valence-corrected chi connectivity index (χ2v) is 7.69. The van der Waals surface area contributed by atoms with E-state index in [1.807, 2.05) is 0 Å². The molecular formula is C15H20ClNO5S. The third-order valence-corrected chi connectivity index (χ3v) is 4.71. The Balaban J connectivity index is 2.17. The summed E-state index contributed by atoms with van der Waals surface area (Å²) in [5.41, 5.74) is -1.19. The molecule has 1 aliphatic rings. The first kappa shape index (κ1) is 18.0. The molecule has 0 N–H and O–H groups in total. The van der Waals surface area contributed by atoms with Gasteiger partial charge in [0.15, 0.2) is 5.72 Å². The Morgan fingerprint density at radius 1 is 1.17 bits per heavy atom. The van der Waals surface area contributed by atoms with Gasteiger partial charge in [-0.1, -0.05) is 18.0 Å². The number of ether oxygens (including phenoxy) is 1. The topological polar surface area (TPSA) is 72.9 Å². The maximum absolute atomic E-state index is 12.4. The van der Waals surface area contributed by atoms with E-state index in [2.05, 4.69) is 0 Å². The average molecular weight is 362 g/mol. The normalized spacial score (nSPS) is 17.5. The number of nitrogens with zero attached hydrogens (tertiary/aromatic N) is 1. The number of hydrogen-bond acceptors (Lipinski definition) is 5. The van der Waals surface area contributed by atoms with E-state index in [1.165, 1.54) is 11.9 Å². The molecule has 1 amide bonds. The van der Waals surface area contributed by atoms with Crippen molar-refractivity contribution in [3.8, 4) is 5.75 Å². The van der Waals surface area contributed by atoms with Gasteiger partial charge in [-0.05, 0) is 49.9 Å². The van der Waals surface area contributed by atoms with Gasteiger partial charge in [0.25, 0.3) is 10.1 Å². The average Bonchev–Trinajstić information content (AvgIpc) is 2.48. The van der Waals surface area contributed by atoms with Crippen molar-refractivity contribution >= 4 is 27.8 Å². The van der Waals surface area contributed by atoms with E-state index in [-0.39, 0.29) is 0 Å². The van der Waals surface area contributed by atoms with Gasteiger partial charge in [0, 0.05) is 12.1 Å². The molecule has 0 atom stereocenters. The standard InChI is InChI=1S/C15H20ClNO5S/c1-17(14(18)21-13-8-6-12(16)7-9-13)15(22-23(2,19)20)10-4-3-5-11-15/h6-9H,3-5,10-11H2,1-2H3. The lowest BCUT2D eigenvalue weighted by Gasteiger charge is -2.42. The lowest BCUT2D eigenvalue weighted by atomic mass is 9.91. The molecule has 1 aliphatic carbocycles.